The molecule has 0 saturated heterocycles. The topological polar surface area (TPSA) is 74.7 Å². The van der Waals surface area contributed by atoms with Gasteiger partial charge in [0.15, 0.2) is 9.84 Å². The molecule has 2 aromatic rings. The highest BCUT2D eigenvalue weighted by Crippen LogP contribution is 2.38. The molecule has 2 aromatic carbocycles. The van der Waals surface area contributed by atoms with Gasteiger partial charge in [-0.25, -0.2) is 13.2 Å². The summed E-state index contributed by atoms with van der Waals surface area (Å²) in [5.41, 5.74) is 2.02. The summed E-state index contributed by atoms with van der Waals surface area (Å²) in [5, 5.41) is 9.58. The van der Waals surface area contributed by atoms with Crippen molar-refractivity contribution in [3.05, 3.63) is 48.0 Å². The van der Waals surface area contributed by atoms with E-state index in [9.17, 15) is 18.3 Å². The van der Waals surface area contributed by atoms with Crippen LogP contribution in [0.4, 0.5) is 5.69 Å². The maximum atomic E-state index is 12.6. The Morgan fingerprint density at radius 1 is 1.00 bits per heavy atom. The molecule has 0 fully saturated rings. The molecule has 0 aliphatic carbocycles. The van der Waals surface area contributed by atoms with Gasteiger partial charge in [0.05, 0.1) is 10.5 Å². The van der Waals surface area contributed by atoms with Gasteiger partial charge in [-0.1, -0.05) is 57.0 Å². The third kappa shape index (κ3) is 5.35. The summed E-state index contributed by atoms with van der Waals surface area (Å²) < 4.78 is 25.2. The first-order valence-electron chi connectivity index (χ1n) is 9.71. The molecular formula is C22H29NO4S. The smallest absolute Gasteiger partial charge is 0.335 e. The lowest BCUT2D eigenvalue weighted by atomic mass is 9.99. The number of hydrogen-bond donors (Lipinski definition) is 1. The molecule has 0 aromatic heterocycles. The van der Waals surface area contributed by atoms with Crippen molar-refractivity contribution in [2.75, 3.05) is 24.2 Å². The third-order valence-corrected chi connectivity index (χ3v) is 5.82. The number of sulfone groups is 1. The van der Waals surface area contributed by atoms with Crippen LogP contribution in [0.5, 0.6) is 0 Å². The molecule has 0 heterocycles. The summed E-state index contributed by atoms with van der Waals surface area (Å²) in [5.74, 6) is -1.13. The number of rotatable bonds is 10. The molecule has 1 N–H and O–H groups in total. The molecule has 2 rings (SSSR count). The van der Waals surface area contributed by atoms with Crippen LogP contribution in [-0.4, -0.2) is 38.8 Å². The molecule has 0 unspecified atom stereocenters. The normalized spacial score (nSPS) is 11.4. The maximum absolute atomic E-state index is 12.6. The predicted octanol–water partition coefficient (Wildman–Crippen LogP) is 4.86. The molecule has 0 aliphatic heterocycles. The van der Waals surface area contributed by atoms with E-state index in [0.29, 0.717) is 11.3 Å². The van der Waals surface area contributed by atoms with Crippen LogP contribution in [0, 0.1) is 0 Å². The lowest BCUT2D eigenvalue weighted by Crippen LogP contribution is -2.27. The molecule has 28 heavy (non-hydrogen) atoms. The van der Waals surface area contributed by atoms with Crippen LogP contribution < -0.4 is 4.90 Å². The number of anilines is 1. The number of nitrogens with zero attached hydrogens (tertiary/aromatic N) is 1. The summed E-state index contributed by atoms with van der Waals surface area (Å²) >= 11 is 0. The maximum Gasteiger partial charge on any atom is 0.335 e. The van der Waals surface area contributed by atoms with Crippen LogP contribution in [0.15, 0.2) is 47.4 Å². The van der Waals surface area contributed by atoms with Gasteiger partial charge in [-0.3, -0.25) is 0 Å². The van der Waals surface area contributed by atoms with Gasteiger partial charge in [-0.05, 0) is 30.5 Å². The molecule has 0 aliphatic rings. The third-order valence-electron chi connectivity index (χ3n) is 4.69. The average molecular weight is 404 g/mol. The highest BCUT2D eigenvalue weighted by atomic mass is 32.2. The number of carboxylic acids is 1. The van der Waals surface area contributed by atoms with E-state index in [4.69, 9.17) is 0 Å². The van der Waals surface area contributed by atoms with E-state index in [0.717, 1.165) is 50.6 Å². The summed E-state index contributed by atoms with van der Waals surface area (Å²) in [4.78, 5) is 13.9. The fourth-order valence-corrected chi connectivity index (χ4v) is 4.15. The second-order valence-corrected chi connectivity index (χ2v) is 8.99. The number of benzene rings is 2. The van der Waals surface area contributed by atoms with Crippen molar-refractivity contribution in [1.82, 2.24) is 0 Å². The van der Waals surface area contributed by atoms with Gasteiger partial charge < -0.3 is 10.0 Å². The Balaban J connectivity index is 2.82. The molecule has 0 radical (unpaired) electrons. The number of aromatic carboxylic acids is 1. The molecule has 152 valence electrons. The van der Waals surface area contributed by atoms with Crippen LogP contribution in [0.3, 0.4) is 0 Å². The Morgan fingerprint density at radius 3 is 2.04 bits per heavy atom. The lowest BCUT2D eigenvalue weighted by molar-refractivity contribution is 0.0696. The Bertz CT molecular complexity index is 900. The fraction of sp³-hybridized carbons (Fsp3) is 0.409. The van der Waals surface area contributed by atoms with Gasteiger partial charge in [0.2, 0.25) is 0 Å². The quantitative estimate of drug-likeness (QED) is 0.613. The second-order valence-electron chi connectivity index (χ2n) is 7.01. The van der Waals surface area contributed by atoms with Crippen molar-refractivity contribution in [1.29, 1.82) is 0 Å². The highest BCUT2D eigenvalue weighted by Gasteiger charge is 2.24. The second kappa shape index (κ2) is 9.73. The molecule has 5 nitrogen and oxygen atoms in total. The average Bonchev–Trinajstić information content (AvgIpc) is 2.67. The minimum absolute atomic E-state index is 0.00639. The zero-order valence-corrected chi connectivity index (χ0v) is 17.6. The van der Waals surface area contributed by atoms with Crippen molar-refractivity contribution in [3.8, 4) is 11.1 Å². The summed E-state index contributed by atoms with van der Waals surface area (Å²) in [6.07, 6.45) is 5.03. The SMILES string of the molecule is CCCCN(CCCC)c1cc(C(=O)O)cc(S(C)(=O)=O)c1-c1ccccc1. The van der Waals surface area contributed by atoms with Crippen LogP contribution in [0.2, 0.25) is 0 Å². The van der Waals surface area contributed by atoms with E-state index in [1.54, 1.807) is 6.07 Å². The Kier molecular flexibility index (Phi) is 7.63. The fourth-order valence-electron chi connectivity index (χ4n) is 3.21. The van der Waals surface area contributed by atoms with Crippen LogP contribution in [0.25, 0.3) is 11.1 Å². The van der Waals surface area contributed by atoms with Crippen molar-refractivity contribution in [2.24, 2.45) is 0 Å². The summed E-state index contributed by atoms with van der Waals surface area (Å²) in [7, 11) is -3.62. The number of hydrogen-bond acceptors (Lipinski definition) is 4. The van der Waals surface area contributed by atoms with Crippen molar-refractivity contribution in [2.45, 2.75) is 44.4 Å². The van der Waals surface area contributed by atoms with Crippen molar-refractivity contribution < 1.29 is 18.3 Å². The zero-order chi connectivity index (χ0) is 20.7. The standard InChI is InChI=1S/C22H29NO4S/c1-4-6-13-23(14-7-5-2)19-15-18(22(24)25)16-20(28(3,26)27)21(19)17-11-9-8-10-12-17/h8-12,15-16H,4-7,13-14H2,1-3H3,(H,24,25). The number of carboxylic acid groups (broad SMARTS) is 1. The number of unbranched alkanes of at least 4 members (excludes halogenated alkanes) is 2. The van der Waals surface area contributed by atoms with E-state index in [1.807, 2.05) is 30.3 Å². The Hall–Kier alpha value is -2.34. The Labute approximate surface area is 167 Å². The molecule has 0 saturated carbocycles. The van der Waals surface area contributed by atoms with Crippen LogP contribution in [0.1, 0.15) is 49.9 Å². The molecule has 0 bridgehead atoms. The lowest BCUT2D eigenvalue weighted by Gasteiger charge is -2.29. The predicted molar refractivity (Wildman–Crippen MR) is 114 cm³/mol. The van der Waals surface area contributed by atoms with Gasteiger partial charge in [-0.2, -0.15) is 0 Å². The zero-order valence-electron chi connectivity index (χ0n) is 16.8. The first-order valence-corrected chi connectivity index (χ1v) is 11.6. The Morgan fingerprint density at radius 2 is 1.57 bits per heavy atom. The molecular weight excluding hydrogens is 374 g/mol. The molecule has 6 heteroatoms. The van der Waals surface area contributed by atoms with Crippen molar-refractivity contribution in [3.63, 3.8) is 0 Å². The van der Waals surface area contributed by atoms with Crippen LogP contribution in [-0.2, 0) is 9.84 Å². The summed E-state index contributed by atoms with van der Waals surface area (Å²) in [6, 6.07) is 12.2. The van der Waals surface area contributed by atoms with Gasteiger partial charge in [-0.15, -0.1) is 0 Å². The van der Waals surface area contributed by atoms with Crippen molar-refractivity contribution >= 4 is 21.5 Å². The van der Waals surface area contributed by atoms with E-state index in [2.05, 4.69) is 18.7 Å². The highest BCUT2D eigenvalue weighted by molar-refractivity contribution is 7.90. The number of carbonyl (C=O) groups is 1. The van der Waals surface area contributed by atoms with E-state index < -0.39 is 15.8 Å². The molecule has 0 atom stereocenters. The monoisotopic (exact) mass is 403 g/mol. The van der Waals surface area contributed by atoms with E-state index in [-0.39, 0.29) is 10.5 Å². The first-order chi connectivity index (χ1) is 13.3. The first kappa shape index (κ1) is 22.0. The van der Waals surface area contributed by atoms with Gasteiger partial charge >= 0.3 is 5.97 Å². The van der Waals surface area contributed by atoms with Gasteiger partial charge in [0, 0.05) is 30.6 Å². The minimum Gasteiger partial charge on any atom is -0.478 e. The molecule has 0 amide bonds. The summed E-state index contributed by atoms with van der Waals surface area (Å²) in [6.45, 7) is 5.71. The van der Waals surface area contributed by atoms with E-state index in [1.165, 1.54) is 6.07 Å². The van der Waals surface area contributed by atoms with Gasteiger partial charge in [0.1, 0.15) is 0 Å². The van der Waals surface area contributed by atoms with Crippen LogP contribution >= 0.6 is 0 Å². The largest absolute Gasteiger partial charge is 0.478 e. The van der Waals surface area contributed by atoms with E-state index >= 15 is 0 Å². The minimum atomic E-state index is -3.62. The molecule has 0 spiro atoms. The van der Waals surface area contributed by atoms with Gasteiger partial charge in [0.25, 0.3) is 0 Å².